The van der Waals surface area contributed by atoms with E-state index in [1.54, 1.807) is 0 Å². The van der Waals surface area contributed by atoms with Gasteiger partial charge in [-0.05, 0) is 41.5 Å². The molecular weight excluding hydrogens is 473 g/mol. The highest BCUT2D eigenvalue weighted by atomic mass is 19.4. The number of para-hydroxylation sites is 1. The monoisotopic (exact) mass is 495 g/mol. The second-order valence-corrected chi connectivity index (χ2v) is 8.88. The minimum absolute atomic E-state index is 0.435. The predicted molar refractivity (Wildman–Crippen MR) is 140 cm³/mol. The number of benzene rings is 4. The fraction of sp³-hybridized carbons (Fsp3) is 0.0645. The Labute approximate surface area is 211 Å². The van der Waals surface area contributed by atoms with E-state index >= 15 is 0 Å². The number of hydrogen-bond donors (Lipinski definition) is 2. The fourth-order valence-corrected chi connectivity index (χ4v) is 4.70. The number of rotatable bonds is 5. The number of H-pyrrole nitrogens is 1. The van der Waals surface area contributed by atoms with Crippen LogP contribution in [0.15, 0.2) is 103 Å². The summed E-state index contributed by atoms with van der Waals surface area (Å²) in [6, 6.07) is 29.0. The summed E-state index contributed by atoms with van der Waals surface area (Å²) in [5.41, 5.74) is 6.48. The lowest BCUT2D eigenvalue weighted by Gasteiger charge is -2.13. The Morgan fingerprint density at radius 3 is 2.38 bits per heavy atom. The molecule has 1 aliphatic rings. The summed E-state index contributed by atoms with van der Waals surface area (Å²) in [4.78, 5) is 6.62. The van der Waals surface area contributed by atoms with Crippen LogP contribution < -0.4 is 9.73 Å². The number of ether oxygens (including phenoxy) is 1. The minimum Gasteiger partial charge on any atom is -0.489 e. The van der Waals surface area contributed by atoms with E-state index in [4.69, 9.17) is 4.74 Å². The van der Waals surface area contributed by atoms with Crippen molar-refractivity contribution in [3.8, 4) is 5.75 Å². The quantitative estimate of drug-likeness (QED) is 0.286. The molecule has 0 saturated heterocycles. The van der Waals surface area contributed by atoms with Gasteiger partial charge in [0.1, 0.15) is 12.4 Å². The number of fused-ring (bicyclic) bond motifs is 2. The fourth-order valence-electron chi connectivity index (χ4n) is 4.70. The molecule has 37 heavy (non-hydrogen) atoms. The van der Waals surface area contributed by atoms with Crippen LogP contribution in [0.2, 0.25) is 0 Å². The van der Waals surface area contributed by atoms with Gasteiger partial charge in [-0.15, -0.1) is 0 Å². The second kappa shape index (κ2) is 9.13. The van der Waals surface area contributed by atoms with E-state index < -0.39 is 11.7 Å². The van der Waals surface area contributed by atoms with Gasteiger partial charge < -0.3 is 9.72 Å². The summed E-state index contributed by atoms with van der Waals surface area (Å²) < 4.78 is 45.9. The highest BCUT2D eigenvalue weighted by Gasteiger charge is 2.31. The average Bonchev–Trinajstić information content (AvgIpc) is 3.53. The van der Waals surface area contributed by atoms with Gasteiger partial charge in [0, 0.05) is 34.3 Å². The molecule has 0 amide bonds. The van der Waals surface area contributed by atoms with Crippen molar-refractivity contribution in [2.45, 2.75) is 12.8 Å². The molecule has 0 spiro atoms. The Balaban J connectivity index is 1.48. The molecule has 6 heteroatoms. The Morgan fingerprint density at radius 2 is 1.59 bits per heavy atom. The first-order chi connectivity index (χ1) is 18.0. The van der Waals surface area contributed by atoms with Gasteiger partial charge in [0.15, 0.2) is 6.21 Å². The molecule has 3 nitrogen and oxygen atoms in total. The average molecular weight is 496 g/mol. The number of allylic oxidation sites excluding steroid dienone is 1. The number of aromatic amines is 1. The smallest absolute Gasteiger partial charge is 0.416 e. The number of hydrogen-bond acceptors (Lipinski definition) is 1. The van der Waals surface area contributed by atoms with Gasteiger partial charge in [-0.2, -0.15) is 13.2 Å². The second-order valence-electron chi connectivity index (χ2n) is 8.88. The Bertz CT molecular complexity index is 1650. The van der Waals surface area contributed by atoms with Crippen molar-refractivity contribution in [1.82, 2.24) is 4.98 Å². The summed E-state index contributed by atoms with van der Waals surface area (Å²) in [7, 11) is 0. The lowest BCUT2D eigenvalue weighted by Crippen LogP contribution is -2.58. The molecule has 0 bridgehead atoms. The van der Waals surface area contributed by atoms with E-state index in [1.807, 2.05) is 85.2 Å². The Kier molecular flexibility index (Phi) is 5.64. The molecule has 0 unspecified atom stereocenters. The van der Waals surface area contributed by atoms with E-state index in [-0.39, 0.29) is 0 Å². The Morgan fingerprint density at radius 1 is 0.838 bits per heavy atom. The minimum atomic E-state index is -4.40. The molecule has 6 rings (SSSR count). The van der Waals surface area contributed by atoms with Gasteiger partial charge in [-0.3, -0.25) is 0 Å². The van der Waals surface area contributed by atoms with Crippen LogP contribution in [-0.2, 0) is 12.8 Å². The molecule has 0 radical (unpaired) electrons. The number of halogens is 3. The van der Waals surface area contributed by atoms with Crippen molar-refractivity contribution < 1.29 is 22.9 Å². The highest BCUT2D eigenvalue weighted by molar-refractivity contribution is 6.24. The standard InChI is InChI=1S/C31H21F3N2O/c32-31(33,34)22-12-10-21(11-13-22)30(26-17-35-28-9-5-4-8-24(26)28)27-18-36-29-15-14-23(16-25(27)29)37-19-20-6-2-1-3-7-20/h1-18,35H,19H2/p+1. The molecule has 2 N–H and O–H groups in total. The summed E-state index contributed by atoms with van der Waals surface area (Å²) in [6.45, 7) is 0.435. The zero-order valence-electron chi connectivity index (χ0n) is 19.6. The van der Waals surface area contributed by atoms with Gasteiger partial charge in [0.05, 0.1) is 16.7 Å². The molecular formula is C31H22F3N2O+. The first kappa shape index (κ1) is 22.9. The summed E-state index contributed by atoms with van der Waals surface area (Å²) >= 11 is 0. The molecule has 182 valence electrons. The normalized spacial score (nSPS) is 14.1. The van der Waals surface area contributed by atoms with Gasteiger partial charge in [0.2, 0.25) is 5.69 Å². The number of nitrogens with one attached hydrogen (secondary N) is 2. The maximum Gasteiger partial charge on any atom is 0.416 e. The maximum atomic E-state index is 13.3. The molecule has 0 saturated carbocycles. The van der Waals surface area contributed by atoms with Crippen LogP contribution in [0.5, 0.6) is 5.75 Å². The Hall–Kier alpha value is -4.58. The topological polar surface area (TPSA) is 39.0 Å². The van der Waals surface area contributed by atoms with E-state index in [2.05, 4.69) is 9.98 Å². The molecule has 5 aromatic rings. The predicted octanol–water partition coefficient (Wildman–Crippen LogP) is 6.52. The van der Waals surface area contributed by atoms with Gasteiger partial charge in [0.25, 0.3) is 0 Å². The largest absolute Gasteiger partial charge is 0.489 e. The molecule has 2 heterocycles. The molecule has 0 fully saturated rings. The van der Waals surface area contributed by atoms with Crippen LogP contribution in [0.3, 0.4) is 0 Å². The van der Waals surface area contributed by atoms with Crippen LogP contribution in [0, 0.1) is 0 Å². The number of alkyl halides is 3. The lowest BCUT2D eigenvalue weighted by atomic mass is 9.89. The third-order valence-electron chi connectivity index (χ3n) is 6.53. The van der Waals surface area contributed by atoms with Crippen molar-refractivity contribution in [3.63, 3.8) is 0 Å². The van der Waals surface area contributed by atoms with Crippen LogP contribution in [-0.4, -0.2) is 11.2 Å². The van der Waals surface area contributed by atoms with Crippen molar-refractivity contribution in [1.29, 1.82) is 0 Å². The van der Waals surface area contributed by atoms with Crippen molar-refractivity contribution in [2.75, 3.05) is 0 Å². The van der Waals surface area contributed by atoms with Crippen molar-refractivity contribution >= 4 is 34.0 Å². The van der Waals surface area contributed by atoms with Crippen LogP contribution in [0.1, 0.15) is 27.8 Å². The third-order valence-corrected chi connectivity index (χ3v) is 6.53. The van der Waals surface area contributed by atoms with Crippen LogP contribution in [0.25, 0.3) is 22.0 Å². The van der Waals surface area contributed by atoms with Crippen molar-refractivity contribution in [3.05, 3.63) is 131 Å². The first-order valence-corrected chi connectivity index (χ1v) is 11.9. The first-order valence-electron chi connectivity index (χ1n) is 11.9. The summed E-state index contributed by atoms with van der Waals surface area (Å²) in [5, 5.41) is 0.989. The van der Waals surface area contributed by atoms with Crippen LogP contribution >= 0.6 is 0 Å². The van der Waals surface area contributed by atoms with Gasteiger partial charge in [-0.25, -0.2) is 4.99 Å². The van der Waals surface area contributed by atoms with Crippen LogP contribution in [0.4, 0.5) is 18.9 Å². The van der Waals surface area contributed by atoms with E-state index in [9.17, 15) is 13.2 Å². The summed E-state index contributed by atoms with van der Waals surface area (Å²) in [5.74, 6) is 0.711. The summed E-state index contributed by atoms with van der Waals surface area (Å²) in [6.07, 6.45) is -0.585. The zero-order chi connectivity index (χ0) is 25.4. The van der Waals surface area contributed by atoms with Gasteiger partial charge >= 0.3 is 6.18 Å². The highest BCUT2D eigenvalue weighted by Crippen LogP contribution is 2.39. The molecule has 0 atom stereocenters. The van der Waals surface area contributed by atoms with E-state index in [1.165, 1.54) is 12.1 Å². The van der Waals surface area contributed by atoms with Gasteiger partial charge in [-0.1, -0.05) is 60.7 Å². The van der Waals surface area contributed by atoms with Crippen molar-refractivity contribution in [2.24, 2.45) is 0 Å². The molecule has 0 aliphatic carbocycles. The molecule has 1 aromatic heterocycles. The lowest BCUT2D eigenvalue weighted by molar-refractivity contribution is -0.342. The zero-order valence-corrected chi connectivity index (χ0v) is 19.6. The molecule has 4 aromatic carbocycles. The third kappa shape index (κ3) is 4.42. The maximum absolute atomic E-state index is 13.3. The SMILES string of the molecule is FC(F)(F)c1ccc(C(=C2C=[NH+]c3ccc(OCc4ccccc4)cc32)c2c[nH]c3ccccc23)cc1. The molecule has 1 aliphatic heterocycles. The van der Waals surface area contributed by atoms with E-state index in [0.29, 0.717) is 17.9 Å². The van der Waals surface area contributed by atoms with E-state index in [0.717, 1.165) is 56.6 Å². The number of aromatic nitrogens is 1.